The van der Waals surface area contributed by atoms with Gasteiger partial charge in [-0.1, -0.05) is 0 Å². The van der Waals surface area contributed by atoms with Gasteiger partial charge in [-0.2, -0.15) is 5.10 Å². The molecule has 3 nitrogen and oxygen atoms in total. The van der Waals surface area contributed by atoms with Crippen molar-refractivity contribution in [1.29, 1.82) is 0 Å². The van der Waals surface area contributed by atoms with E-state index in [0.29, 0.717) is 6.42 Å². The molecule has 0 aromatic rings. The second-order valence-electron chi connectivity index (χ2n) is 1.75. The van der Waals surface area contributed by atoms with Crippen molar-refractivity contribution in [2.75, 3.05) is 7.05 Å². The summed E-state index contributed by atoms with van der Waals surface area (Å²) in [5, 5.41) is 5.13. The van der Waals surface area contributed by atoms with E-state index in [-0.39, 0.29) is 5.91 Å². The summed E-state index contributed by atoms with van der Waals surface area (Å²) in [5.41, 5.74) is 0. The summed E-state index contributed by atoms with van der Waals surface area (Å²) in [6, 6.07) is 0. The number of amides is 1. The van der Waals surface area contributed by atoms with E-state index in [9.17, 15) is 4.79 Å². The van der Waals surface area contributed by atoms with Gasteiger partial charge < -0.3 is 0 Å². The Morgan fingerprint density at radius 2 is 2.62 bits per heavy atom. The third-order valence-electron chi connectivity index (χ3n) is 1.10. The highest BCUT2D eigenvalue weighted by atomic mass is 16.2. The molecule has 1 heterocycles. The summed E-state index contributed by atoms with van der Waals surface area (Å²) in [6.07, 6.45) is 3.16. The average Bonchev–Trinajstić information content (AvgIpc) is 1.77. The standard InChI is InChI=1S/C5H8N2O/c1-7-5(8)3-2-4-6-7/h4H,2-3H2,1H3. The molecular weight excluding hydrogens is 104 g/mol. The summed E-state index contributed by atoms with van der Waals surface area (Å²) < 4.78 is 0. The topological polar surface area (TPSA) is 32.7 Å². The smallest absolute Gasteiger partial charge is 0.242 e. The van der Waals surface area contributed by atoms with Crippen molar-refractivity contribution in [3.8, 4) is 0 Å². The van der Waals surface area contributed by atoms with Crippen molar-refractivity contribution < 1.29 is 4.79 Å². The molecule has 0 aliphatic carbocycles. The van der Waals surface area contributed by atoms with Crippen LogP contribution >= 0.6 is 0 Å². The van der Waals surface area contributed by atoms with Crippen molar-refractivity contribution in [2.24, 2.45) is 5.10 Å². The van der Waals surface area contributed by atoms with E-state index in [2.05, 4.69) is 5.10 Å². The first kappa shape index (κ1) is 5.28. The third kappa shape index (κ3) is 0.857. The second kappa shape index (κ2) is 1.94. The normalized spacial score (nSPS) is 19.6. The maximum Gasteiger partial charge on any atom is 0.242 e. The Balaban J connectivity index is 2.60. The lowest BCUT2D eigenvalue weighted by molar-refractivity contribution is -0.130. The van der Waals surface area contributed by atoms with Gasteiger partial charge in [0.05, 0.1) is 0 Å². The molecule has 3 heteroatoms. The molecule has 0 spiro atoms. The van der Waals surface area contributed by atoms with Crippen LogP contribution in [0.15, 0.2) is 5.10 Å². The maximum atomic E-state index is 10.6. The van der Waals surface area contributed by atoms with Gasteiger partial charge in [0.25, 0.3) is 0 Å². The van der Waals surface area contributed by atoms with Crippen LogP contribution in [-0.4, -0.2) is 24.2 Å². The van der Waals surface area contributed by atoms with E-state index in [1.165, 1.54) is 5.01 Å². The first-order valence-corrected chi connectivity index (χ1v) is 2.59. The van der Waals surface area contributed by atoms with Crippen LogP contribution in [-0.2, 0) is 4.79 Å². The van der Waals surface area contributed by atoms with Gasteiger partial charge >= 0.3 is 0 Å². The summed E-state index contributed by atoms with van der Waals surface area (Å²) in [4.78, 5) is 10.6. The molecule has 0 saturated heterocycles. The quantitative estimate of drug-likeness (QED) is 0.441. The van der Waals surface area contributed by atoms with E-state index < -0.39 is 0 Å². The van der Waals surface area contributed by atoms with Crippen LogP contribution in [0.2, 0.25) is 0 Å². The Morgan fingerprint density at radius 3 is 3.00 bits per heavy atom. The fourth-order valence-electron chi connectivity index (χ4n) is 0.594. The third-order valence-corrected chi connectivity index (χ3v) is 1.10. The minimum Gasteiger partial charge on any atom is -0.273 e. The molecule has 1 amide bonds. The van der Waals surface area contributed by atoms with E-state index in [4.69, 9.17) is 0 Å². The molecule has 0 atom stereocenters. The van der Waals surface area contributed by atoms with Gasteiger partial charge in [-0.25, -0.2) is 5.01 Å². The largest absolute Gasteiger partial charge is 0.273 e. The highest BCUT2D eigenvalue weighted by Crippen LogP contribution is 1.99. The highest BCUT2D eigenvalue weighted by molar-refractivity contribution is 5.81. The Labute approximate surface area is 48.0 Å². The molecule has 44 valence electrons. The van der Waals surface area contributed by atoms with Crippen LogP contribution in [0.5, 0.6) is 0 Å². The van der Waals surface area contributed by atoms with Crippen molar-refractivity contribution in [2.45, 2.75) is 12.8 Å². The van der Waals surface area contributed by atoms with Gasteiger partial charge in [-0.15, -0.1) is 0 Å². The fraction of sp³-hybridized carbons (Fsp3) is 0.600. The molecule has 0 N–H and O–H groups in total. The van der Waals surface area contributed by atoms with Gasteiger partial charge in [0.2, 0.25) is 5.91 Å². The number of nitrogens with zero attached hydrogens (tertiary/aromatic N) is 2. The molecule has 1 aliphatic rings. The van der Waals surface area contributed by atoms with Crippen molar-refractivity contribution >= 4 is 12.1 Å². The minimum atomic E-state index is 0.104. The summed E-state index contributed by atoms with van der Waals surface area (Å²) >= 11 is 0. The van der Waals surface area contributed by atoms with Gasteiger partial charge in [0, 0.05) is 19.7 Å². The van der Waals surface area contributed by atoms with Gasteiger partial charge in [-0.3, -0.25) is 4.79 Å². The minimum absolute atomic E-state index is 0.104. The monoisotopic (exact) mass is 112 g/mol. The van der Waals surface area contributed by atoms with Crippen LogP contribution < -0.4 is 0 Å². The average molecular weight is 112 g/mol. The lowest BCUT2D eigenvalue weighted by Crippen LogP contribution is -2.23. The first-order chi connectivity index (χ1) is 3.80. The zero-order valence-electron chi connectivity index (χ0n) is 4.79. The summed E-state index contributed by atoms with van der Waals surface area (Å²) in [5.74, 6) is 0.104. The number of rotatable bonds is 0. The molecular formula is C5H8N2O. The maximum absolute atomic E-state index is 10.6. The molecule has 1 aliphatic heterocycles. The van der Waals surface area contributed by atoms with Crippen molar-refractivity contribution in [3.63, 3.8) is 0 Å². The predicted molar refractivity (Wildman–Crippen MR) is 30.5 cm³/mol. The molecule has 0 unspecified atom stereocenters. The molecule has 0 fully saturated rings. The molecule has 0 saturated carbocycles. The second-order valence-corrected chi connectivity index (χ2v) is 1.75. The van der Waals surface area contributed by atoms with Crippen LogP contribution in [0.25, 0.3) is 0 Å². The Hall–Kier alpha value is -0.860. The lowest BCUT2D eigenvalue weighted by atomic mass is 10.3. The number of hydrogen-bond acceptors (Lipinski definition) is 2. The van der Waals surface area contributed by atoms with Crippen molar-refractivity contribution in [3.05, 3.63) is 0 Å². The van der Waals surface area contributed by atoms with Crippen LogP contribution in [0.4, 0.5) is 0 Å². The SMILES string of the molecule is CN1N=CCCC1=O. The van der Waals surface area contributed by atoms with E-state index in [0.717, 1.165) is 6.42 Å². The number of carbonyl (C=O) groups is 1. The predicted octanol–water partition coefficient (Wildman–Crippen LogP) is 0.224. The molecule has 0 aromatic heterocycles. The summed E-state index contributed by atoms with van der Waals surface area (Å²) in [6.45, 7) is 0. The molecule has 8 heavy (non-hydrogen) atoms. The first-order valence-electron chi connectivity index (χ1n) is 2.59. The Kier molecular flexibility index (Phi) is 1.28. The number of hydrogen-bond donors (Lipinski definition) is 0. The van der Waals surface area contributed by atoms with E-state index in [1.807, 2.05) is 0 Å². The van der Waals surface area contributed by atoms with Gasteiger partial charge in [0.1, 0.15) is 0 Å². The number of carbonyl (C=O) groups excluding carboxylic acids is 1. The summed E-state index contributed by atoms with van der Waals surface area (Å²) in [7, 11) is 1.66. The van der Waals surface area contributed by atoms with E-state index >= 15 is 0 Å². The van der Waals surface area contributed by atoms with Gasteiger partial charge in [0.15, 0.2) is 0 Å². The molecule has 1 rings (SSSR count). The zero-order valence-corrected chi connectivity index (χ0v) is 4.79. The van der Waals surface area contributed by atoms with Crippen LogP contribution in [0.1, 0.15) is 12.8 Å². The van der Waals surface area contributed by atoms with Crippen molar-refractivity contribution in [1.82, 2.24) is 5.01 Å². The molecule has 0 bridgehead atoms. The Bertz CT molecular complexity index is 130. The zero-order chi connectivity index (χ0) is 5.98. The fourth-order valence-corrected chi connectivity index (χ4v) is 0.594. The number of hydrazone groups is 1. The van der Waals surface area contributed by atoms with Crippen LogP contribution in [0.3, 0.4) is 0 Å². The molecule has 0 radical (unpaired) electrons. The molecule has 0 aromatic carbocycles. The van der Waals surface area contributed by atoms with Gasteiger partial charge in [-0.05, 0) is 6.42 Å². The van der Waals surface area contributed by atoms with Crippen LogP contribution in [0, 0.1) is 0 Å². The Morgan fingerprint density at radius 1 is 1.88 bits per heavy atom. The lowest BCUT2D eigenvalue weighted by Gasteiger charge is -2.12. The highest BCUT2D eigenvalue weighted by Gasteiger charge is 2.08. The van der Waals surface area contributed by atoms with E-state index in [1.54, 1.807) is 13.3 Å².